The lowest BCUT2D eigenvalue weighted by atomic mass is 10.1. The van der Waals surface area contributed by atoms with Gasteiger partial charge in [-0.25, -0.2) is 0 Å². The molecule has 0 heterocycles. The molecule has 0 aliphatic heterocycles. The third-order valence-electron chi connectivity index (χ3n) is 15.3. The number of esters is 3. The molecule has 6 heteroatoms. The largest absolute Gasteiger partial charge is 0.462 e. The molecule has 0 spiro atoms. The maximum Gasteiger partial charge on any atom is 0.306 e. The molecule has 0 rings (SSSR count). The highest BCUT2D eigenvalue weighted by Crippen LogP contribution is 2.16. The number of allylic oxidation sites excluding steroid dienone is 16. The first kappa shape index (κ1) is 78.3. The zero-order valence-corrected chi connectivity index (χ0v) is 54.2. The molecule has 82 heavy (non-hydrogen) atoms. The minimum atomic E-state index is -0.792. The number of hydrogen-bond acceptors (Lipinski definition) is 6. The summed E-state index contributed by atoms with van der Waals surface area (Å²) >= 11 is 0. The predicted molar refractivity (Wildman–Crippen MR) is 357 cm³/mol. The van der Waals surface area contributed by atoms with Gasteiger partial charge in [-0.05, 0) is 128 Å². The fourth-order valence-electron chi connectivity index (χ4n) is 9.96. The van der Waals surface area contributed by atoms with Gasteiger partial charge >= 0.3 is 17.9 Å². The minimum Gasteiger partial charge on any atom is -0.462 e. The normalized spacial score (nSPS) is 12.7. The molecule has 0 radical (unpaired) electrons. The van der Waals surface area contributed by atoms with E-state index in [1.807, 2.05) is 0 Å². The first-order chi connectivity index (χ1) is 40.5. The number of unbranched alkanes of at least 4 members (excludes halogenated alkanes) is 37. The van der Waals surface area contributed by atoms with Crippen molar-refractivity contribution in [1.82, 2.24) is 0 Å². The van der Waals surface area contributed by atoms with Gasteiger partial charge in [-0.2, -0.15) is 0 Å². The Hall–Kier alpha value is -3.67. The number of ether oxygens (including phenoxy) is 3. The molecule has 0 fully saturated rings. The zero-order chi connectivity index (χ0) is 59.2. The second-order valence-electron chi connectivity index (χ2n) is 23.4. The number of carbonyl (C=O) groups excluding carboxylic acids is 3. The summed E-state index contributed by atoms with van der Waals surface area (Å²) in [6.07, 6.45) is 94.1. The van der Waals surface area contributed by atoms with Crippen molar-refractivity contribution in [1.29, 1.82) is 0 Å². The summed E-state index contributed by atoms with van der Waals surface area (Å²) in [4.78, 5) is 38.5. The monoisotopic (exact) mass is 1140 g/mol. The van der Waals surface area contributed by atoms with Crippen LogP contribution in [0.4, 0.5) is 0 Å². The smallest absolute Gasteiger partial charge is 0.306 e. The van der Waals surface area contributed by atoms with Gasteiger partial charge in [0, 0.05) is 19.3 Å². The van der Waals surface area contributed by atoms with Crippen LogP contribution in [0.5, 0.6) is 0 Å². The first-order valence-electron chi connectivity index (χ1n) is 35.2. The average Bonchev–Trinajstić information content (AvgIpc) is 3.47. The Morgan fingerprint density at radius 1 is 0.244 bits per heavy atom. The van der Waals surface area contributed by atoms with E-state index in [9.17, 15) is 14.4 Å². The molecular formula is C76H132O6. The van der Waals surface area contributed by atoms with Gasteiger partial charge in [0.15, 0.2) is 6.10 Å². The van der Waals surface area contributed by atoms with E-state index in [0.717, 1.165) is 109 Å². The molecule has 0 aromatic heterocycles. The highest BCUT2D eigenvalue weighted by molar-refractivity contribution is 5.71. The van der Waals surface area contributed by atoms with Crippen LogP contribution in [-0.4, -0.2) is 37.2 Å². The van der Waals surface area contributed by atoms with Crippen molar-refractivity contribution in [2.75, 3.05) is 13.2 Å². The third kappa shape index (κ3) is 67.1. The Morgan fingerprint density at radius 2 is 0.439 bits per heavy atom. The lowest BCUT2D eigenvalue weighted by Crippen LogP contribution is -2.30. The van der Waals surface area contributed by atoms with Crippen molar-refractivity contribution in [2.45, 2.75) is 354 Å². The summed E-state index contributed by atoms with van der Waals surface area (Å²) < 4.78 is 17.0. The Bertz CT molecular complexity index is 1590. The van der Waals surface area contributed by atoms with Gasteiger partial charge in [-0.1, -0.05) is 298 Å². The Balaban J connectivity index is 4.42. The van der Waals surface area contributed by atoms with E-state index in [1.54, 1.807) is 0 Å². The standard InChI is InChI=1S/C76H132O6/c1-4-7-10-13-16-19-22-25-28-31-34-36-38-40-42-45-48-51-54-57-60-63-66-69-75(78)81-72-73(71-80-74(77)68-65-62-59-56-53-50-47-44-33-30-27-24-21-18-15-12-9-6-3)82-76(79)70-67-64-61-58-55-52-49-46-43-41-39-37-35-32-29-26-23-20-17-14-11-8-5-2/h21-26,30-35,38-41,73H,4-20,27-29,36-37,42-72H2,1-3H3/b24-21-,25-22-,26-23-,33-30-,34-31-,35-32-,40-38-,41-39-. The lowest BCUT2D eigenvalue weighted by Gasteiger charge is -2.18. The summed E-state index contributed by atoms with van der Waals surface area (Å²) in [6.45, 7) is 6.62. The minimum absolute atomic E-state index is 0.0865. The van der Waals surface area contributed by atoms with E-state index in [1.165, 1.54) is 199 Å². The van der Waals surface area contributed by atoms with E-state index in [2.05, 4.69) is 118 Å². The van der Waals surface area contributed by atoms with Crippen LogP contribution in [0.25, 0.3) is 0 Å². The molecule has 0 saturated carbocycles. The molecule has 0 aromatic rings. The van der Waals surface area contributed by atoms with Crippen molar-refractivity contribution in [3.8, 4) is 0 Å². The van der Waals surface area contributed by atoms with Crippen LogP contribution in [0.3, 0.4) is 0 Å². The van der Waals surface area contributed by atoms with Gasteiger partial charge in [0.05, 0.1) is 0 Å². The maximum absolute atomic E-state index is 13.0. The highest BCUT2D eigenvalue weighted by Gasteiger charge is 2.19. The molecule has 1 unspecified atom stereocenters. The molecule has 0 bridgehead atoms. The van der Waals surface area contributed by atoms with Crippen LogP contribution < -0.4 is 0 Å². The molecule has 6 nitrogen and oxygen atoms in total. The van der Waals surface area contributed by atoms with Gasteiger partial charge in [0.1, 0.15) is 13.2 Å². The fourth-order valence-corrected chi connectivity index (χ4v) is 9.96. The van der Waals surface area contributed by atoms with Crippen LogP contribution in [-0.2, 0) is 28.6 Å². The molecule has 0 aliphatic rings. The number of rotatable bonds is 64. The SMILES string of the molecule is CCCCCC/C=C\C/C=C\CCCCCCCCCC(=O)OCC(COC(=O)CCCCCCCCCC/C=C\C/C=C\C/C=C\CCCCCCC)OC(=O)CCCCCCCCCC/C=C\C/C=C\C/C=C\CCCCCCC. The Labute approximate surface area is 508 Å². The molecule has 1 atom stereocenters. The van der Waals surface area contributed by atoms with Crippen LogP contribution in [0.1, 0.15) is 348 Å². The maximum atomic E-state index is 13.0. The second-order valence-corrected chi connectivity index (χ2v) is 23.4. The second kappa shape index (κ2) is 69.8. The Kier molecular flexibility index (Phi) is 66.7. The summed E-state index contributed by atoms with van der Waals surface area (Å²) in [6, 6.07) is 0. The molecule has 0 aromatic carbocycles. The van der Waals surface area contributed by atoms with Crippen LogP contribution >= 0.6 is 0 Å². The molecule has 0 N–H and O–H groups in total. The van der Waals surface area contributed by atoms with Gasteiger partial charge in [-0.15, -0.1) is 0 Å². The summed E-state index contributed by atoms with van der Waals surface area (Å²) in [7, 11) is 0. The molecule has 0 saturated heterocycles. The topological polar surface area (TPSA) is 78.9 Å². The number of carbonyl (C=O) groups is 3. The molecule has 0 aliphatic carbocycles. The zero-order valence-electron chi connectivity index (χ0n) is 54.2. The lowest BCUT2D eigenvalue weighted by molar-refractivity contribution is -0.167. The highest BCUT2D eigenvalue weighted by atomic mass is 16.6. The van der Waals surface area contributed by atoms with Crippen LogP contribution in [0, 0.1) is 0 Å². The summed E-state index contributed by atoms with van der Waals surface area (Å²) in [5.74, 6) is -0.893. The van der Waals surface area contributed by atoms with Crippen LogP contribution in [0.15, 0.2) is 97.2 Å². The summed E-state index contributed by atoms with van der Waals surface area (Å²) in [5.41, 5.74) is 0. The van der Waals surface area contributed by atoms with Crippen molar-refractivity contribution in [3.63, 3.8) is 0 Å². The Morgan fingerprint density at radius 3 is 0.695 bits per heavy atom. The van der Waals surface area contributed by atoms with Gasteiger partial charge in [0.25, 0.3) is 0 Å². The van der Waals surface area contributed by atoms with Crippen molar-refractivity contribution >= 4 is 17.9 Å². The van der Waals surface area contributed by atoms with E-state index in [-0.39, 0.29) is 31.1 Å². The third-order valence-corrected chi connectivity index (χ3v) is 15.3. The molecule has 472 valence electrons. The van der Waals surface area contributed by atoms with E-state index in [4.69, 9.17) is 14.2 Å². The quantitative estimate of drug-likeness (QED) is 0.0261. The first-order valence-corrected chi connectivity index (χ1v) is 35.2. The van der Waals surface area contributed by atoms with Gasteiger partial charge in [0.2, 0.25) is 0 Å². The molecular weight excluding hydrogens is 1010 g/mol. The van der Waals surface area contributed by atoms with E-state index >= 15 is 0 Å². The number of hydrogen-bond donors (Lipinski definition) is 0. The average molecular weight is 1140 g/mol. The predicted octanol–water partition coefficient (Wildman–Crippen LogP) is 24.4. The fraction of sp³-hybridized carbons (Fsp3) is 0.750. The van der Waals surface area contributed by atoms with Crippen molar-refractivity contribution in [2.24, 2.45) is 0 Å². The van der Waals surface area contributed by atoms with E-state index in [0.29, 0.717) is 19.3 Å². The van der Waals surface area contributed by atoms with Crippen molar-refractivity contribution < 1.29 is 28.6 Å². The summed E-state index contributed by atoms with van der Waals surface area (Å²) in [5, 5.41) is 0. The van der Waals surface area contributed by atoms with E-state index < -0.39 is 6.10 Å². The van der Waals surface area contributed by atoms with Crippen LogP contribution in [0.2, 0.25) is 0 Å². The molecule has 0 amide bonds. The van der Waals surface area contributed by atoms with Gasteiger partial charge < -0.3 is 14.2 Å². The van der Waals surface area contributed by atoms with Gasteiger partial charge in [-0.3, -0.25) is 14.4 Å². The van der Waals surface area contributed by atoms with Crippen molar-refractivity contribution in [3.05, 3.63) is 97.2 Å².